The summed E-state index contributed by atoms with van der Waals surface area (Å²) in [6, 6.07) is 13.9. The summed E-state index contributed by atoms with van der Waals surface area (Å²) >= 11 is 1.64. The highest BCUT2D eigenvalue weighted by Crippen LogP contribution is 2.48. The number of piperidine rings is 1. The molecule has 1 fully saturated rings. The molecule has 11 nitrogen and oxygen atoms in total. The van der Waals surface area contributed by atoms with E-state index in [0.29, 0.717) is 17.4 Å². The summed E-state index contributed by atoms with van der Waals surface area (Å²) in [5.74, 6) is -3.07. The van der Waals surface area contributed by atoms with Gasteiger partial charge in [-0.1, -0.05) is 108 Å². The Balaban J connectivity index is 0.00000134. The molecule has 2 aliphatic heterocycles. The number of ether oxygens (including phenoxy) is 1. The number of unbranched alkanes of at least 4 members (excludes halogenated alkanes) is 11. The van der Waals surface area contributed by atoms with Crippen molar-refractivity contribution in [3.8, 4) is 0 Å². The minimum atomic E-state index is -3.50. The van der Waals surface area contributed by atoms with Crippen molar-refractivity contribution in [2.45, 2.75) is 145 Å². The Kier molecular flexibility index (Phi) is 20.9. The molecule has 320 valence electrons. The number of fused-ring (bicyclic) bond motifs is 2. The van der Waals surface area contributed by atoms with Gasteiger partial charge in [0.25, 0.3) is 0 Å². The summed E-state index contributed by atoms with van der Waals surface area (Å²) in [6.07, 6.45) is 21.2. The zero-order valence-electron chi connectivity index (χ0n) is 35.2. The van der Waals surface area contributed by atoms with Crippen LogP contribution in [0.5, 0.6) is 0 Å². The van der Waals surface area contributed by atoms with Crippen LogP contribution in [0.1, 0.15) is 130 Å². The van der Waals surface area contributed by atoms with Crippen LogP contribution in [0.2, 0.25) is 0 Å². The molecule has 0 bridgehead atoms. The van der Waals surface area contributed by atoms with E-state index in [4.69, 9.17) is 24.5 Å². The van der Waals surface area contributed by atoms with E-state index in [2.05, 4.69) is 48.8 Å². The average molecular weight is 832 g/mol. The summed E-state index contributed by atoms with van der Waals surface area (Å²) in [5.41, 5.74) is 1.85. The number of para-hydroxylation sites is 1. The number of benzene rings is 2. The lowest BCUT2D eigenvalue weighted by Gasteiger charge is -2.35. The number of nitrogens with zero attached hydrogens (tertiary/aromatic N) is 3. The van der Waals surface area contributed by atoms with E-state index in [1.165, 1.54) is 80.6 Å². The molecule has 2 aliphatic rings. The van der Waals surface area contributed by atoms with Gasteiger partial charge in [-0.3, -0.25) is 4.79 Å². The van der Waals surface area contributed by atoms with Gasteiger partial charge in [0.15, 0.2) is 0 Å². The molecule has 0 saturated carbocycles. The Morgan fingerprint density at radius 3 is 1.93 bits per heavy atom. The normalized spacial score (nSPS) is 14.7. The minimum Gasteiger partial charge on any atom is -0.473 e. The Morgan fingerprint density at radius 2 is 1.35 bits per heavy atom. The van der Waals surface area contributed by atoms with Crippen molar-refractivity contribution in [1.29, 1.82) is 0 Å². The lowest BCUT2D eigenvalue weighted by atomic mass is 9.86. The van der Waals surface area contributed by atoms with Gasteiger partial charge in [-0.25, -0.2) is 22.3 Å². The van der Waals surface area contributed by atoms with Crippen molar-refractivity contribution in [2.24, 2.45) is 11.3 Å². The van der Waals surface area contributed by atoms with Gasteiger partial charge in [-0.05, 0) is 102 Å². The quantitative estimate of drug-likeness (QED) is 0.0627. The molecule has 1 saturated heterocycles. The lowest BCUT2D eigenvalue weighted by Crippen LogP contribution is -2.36. The molecule has 0 unspecified atom stereocenters. The van der Waals surface area contributed by atoms with Crippen molar-refractivity contribution in [1.82, 2.24) is 9.21 Å². The van der Waals surface area contributed by atoms with Gasteiger partial charge >= 0.3 is 17.9 Å². The van der Waals surface area contributed by atoms with Crippen molar-refractivity contribution in [3.63, 3.8) is 0 Å². The molecule has 13 heteroatoms. The number of carbonyl (C=O) groups excluding carboxylic acids is 1. The highest BCUT2D eigenvalue weighted by molar-refractivity contribution is 7.99. The zero-order valence-corrected chi connectivity index (χ0v) is 36.8. The Hall–Kier alpha value is -3.13. The van der Waals surface area contributed by atoms with Crippen LogP contribution in [0.25, 0.3) is 0 Å². The monoisotopic (exact) mass is 831 g/mol. The molecule has 0 aliphatic carbocycles. The fourth-order valence-electron chi connectivity index (χ4n) is 7.40. The molecule has 2 heterocycles. The topological polar surface area (TPSA) is 145 Å². The number of sulfonamides is 1. The van der Waals surface area contributed by atoms with E-state index in [0.717, 1.165) is 80.2 Å². The zero-order chi connectivity index (χ0) is 41.8. The SMILES string of the molecule is CCCCCCCCCCCCCCC(C)(C)C(=O)OCCC1CCN(CCCN2c3ccccc3Sc3cc(S(=O)(=O)N(C)C)ccc32)CC1.O=C(O)C(=O)O. The van der Waals surface area contributed by atoms with Gasteiger partial charge in [-0.2, -0.15) is 0 Å². The maximum absolute atomic E-state index is 12.9. The second-order valence-corrected chi connectivity index (χ2v) is 19.6. The maximum Gasteiger partial charge on any atom is 0.414 e. The van der Waals surface area contributed by atoms with Gasteiger partial charge in [0.05, 0.1) is 28.3 Å². The molecular weight excluding hydrogens is 763 g/mol. The summed E-state index contributed by atoms with van der Waals surface area (Å²) < 4.78 is 32.7. The first-order valence-electron chi connectivity index (χ1n) is 21.1. The number of hydrogen-bond donors (Lipinski definition) is 2. The van der Waals surface area contributed by atoms with Crippen LogP contribution < -0.4 is 4.90 Å². The van der Waals surface area contributed by atoms with E-state index < -0.39 is 27.4 Å². The fourth-order valence-corrected chi connectivity index (χ4v) is 9.54. The molecule has 57 heavy (non-hydrogen) atoms. The van der Waals surface area contributed by atoms with Crippen molar-refractivity contribution >= 4 is 51.1 Å². The number of rotatable bonds is 23. The first kappa shape index (κ1) is 48.2. The van der Waals surface area contributed by atoms with Crippen molar-refractivity contribution in [3.05, 3.63) is 42.5 Å². The van der Waals surface area contributed by atoms with Crippen LogP contribution in [-0.2, 0) is 29.1 Å². The number of esters is 1. The molecular formula is C44H69N3O8S2. The van der Waals surface area contributed by atoms with Crippen LogP contribution in [0.15, 0.2) is 57.2 Å². The predicted molar refractivity (Wildman–Crippen MR) is 229 cm³/mol. The van der Waals surface area contributed by atoms with E-state index >= 15 is 0 Å². The van der Waals surface area contributed by atoms with Gasteiger partial charge in [-0.15, -0.1) is 0 Å². The van der Waals surface area contributed by atoms with E-state index in [1.807, 2.05) is 18.2 Å². The third kappa shape index (κ3) is 16.2. The number of carboxylic acids is 2. The van der Waals surface area contributed by atoms with Gasteiger partial charge in [0, 0.05) is 30.4 Å². The van der Waals surface area contributed by atoms with Crippen LogP contribution in [0.4, 0.5) is 11.4 Å². The largest absolute Gasteiger partial charge is 0.473 e. The summed E-state index contributed by atoms with van der Waals surface area (Å²) in [4.78, 5) is 38.5. The van der Waals surface area contributed by atoms with Crippen LogP contribution in [0.3, 0.4) is 0 Å². The standard InChI is InChI=1S/C42H67N3O4S2.C2H2O4/c1-6-7-8-9-10-11-12-13-14-15-16-19-28-42(2,3)41(46)49-33-27-35-25-31-44(32-26-35)29-20-30-45-37-21-17-18-22-39(37)50-40-34-36(23-24-38(40)45)51(47,48)43(4)5;3-1(4)2(5)6/h17-18,21-24,34-35H,6-16,19-20,25-33H2,1-5H3;(H,3,4)(H,5,6). The van der Waals surface area contributed by atoms with Crippen LogP contribution in [-0.4, -0.2) is 92.6 Å². The number of aliphatic carboxylic acids is 2. The Labute approximate surface area is 347 Å². The third-order valence-electron chi connectivity index (χ3n) is 11.1. The number of anilines is 2. The molecule has 2 aromatic carbocycles. The summed E-state index contributed by atoms with van der Waals surface area (Å²) in [7, 11) is -0.353. The third-order valence-corrected chi connectivity index (χ3v) is 14.0. The van der Waals surface area contributed by atoms with Crippen molar-refractivity contribution < 1.29 is 37.8 Å². The number of carboxylic acid groups (broad SMARTS) is 2. The second kappa shape index (κ2) is 24.7. The fraction of sp³-hybridized carbons (Fsp3) is 0.659. The lowest BCUT2D eigenvalue weighted by molar-refractivity contribution is -0.159. The minimum absolute atomic E-state index is 0.0298. The van der Waals surface area contributed by atoms with Gasteiger partial charge in [0.1, 0.15) is 0 Å². The Bertz CT molecular complexity index is 1650. The summed E-state index contributed by atoms with van der Waals surface area (Å²) in [6.45, 7) is 11.0. The number of carbonyl (C=O) groups is 3. The molecule has 0 aromatic heterocycles. The highest BCUT2D eigenvalue weighted by Gasteiger charge is 2.30. The molecule has 0 radical (unpaired) electrons. The molecule has 4 rings (SSSR count). The van der Waals surface area contributed by atoms with Crippen molar-refractivity contribution in [2.75, 3.05) is 51.8 Å². The molecule has 0 amide bonds. The number of hydrogen-bond acceptors (Lipinski definition) is 9. The van der Waals surface area contributed by atoms with E-state index in [9.17, 15) is 13.2 Å². The Morgan fingerprint density at radius 1 is 0.789 bits per heavy atom. The predicted octanol–water partition coefficient (Wildman–Crippen LogP) is 9.85. The van der Waals surface area contributed by atoms with Crippen LogP contribution >= 0.6 is 11.8 Å². The first-order chi connectivity index (χ1) is 27.2. The second-order valence-electron chi connectivity index (χ2n) is 16.3. The maximum atomic E-state index is 12.9. The molecule has 0 atom stereocenters. The molecule has 2 N–H and O–H groups in total. The summed E-state index contributed by atoms with van der Waals surface area (Å²) in [5, 5.41) is 14.8. The molecule has 0 spiro atoms. The van der Waals surface area contributed by atoms with E-state index in [-0.39, 0.29) is 5.97 Å². The van der Waals surface area contributed by atoms with E-state index in [1.54, 1.807) is 31.9 Å². The highest BCUT2D eigenvalue weighted by atomic mass is 32.2. The molecule has 2 aromatic rings. The van der Waals surface area contributed by atoms with Crippen LogP contribution in [0, 0.1) is 11.3 Å². The van der Waals surface area contributed by atoms with Gasteiger partial charge < -0.3 is 24.7 Å². The number of likely N-dealkylation sites (tertiary alicyclic amines) is 1. The first-order valence-corrected chi connectivity index (χ1v) is 23.4. The average Bonchev–Trinajstić information content (AvgIpc) is 3.18. The smallest absolute Gasteiger partial charge is 0.414 e. The van der Waals surface area contributed by atoms with Gasteiger partial charge in [0.2, 0.25) is 10.0 Å².